The molecular formula is C8H11ClN2. The zero-order valence-electron chi connectivity index (χ0n) is 6.93. The van der Waals surface area contributed by atoms with E-state index in [1.807, 2.05) is 6.92 Å². The number of halogens is 1. The van der Waals surface area contributed by atoms with Crippen LogP contribution in [0.25, 0.3) is 0 Å². The molecule has 0 spiro atoms. The average Bonchev–Trinajstić information content (AvgIpc) is 1.94. The fourth-order valence-corrected chi connectivity index (χ4v) is 1.16. The lowest BCUT2D eigenvalue weighted by Gasteiger charge is -2.05. The van der Waals surface area contributed by atoms with E-state index in [0.717, 1.165) is 11.4 Å². The number of nitrogens with zero attached hydrogens (tertiary/aromatic N) is 2. The average molecular weight is 171 g/mol. The van der Waals surface area contributed by atoms with Crippen LogP contribution in [0.3, 0.4) is 0 Å². The van der Waals surface area contributed by atoms with Crippen LogP contribution in [0, 0.1) is 6.92 Å². The molecule has 1 aromatic heterocycles. The molecule has 0 saturated carbocycles. The van der Waals surface area contributed by atoms with Crippen molar-refractivity contribution in [2.24, 2.45) is 0 Å². The van der Waals surface area contributed by atoms with Gasteiger partial charge in [-0.15, -0.1) is 0 Å². The monoisotopic (exact) mass is 170 g/mol. The third-order valence-electron chi connectivity index (χ3n) is 1.42. The van der Waals surface area contributed by atoms with Crippen molar-refractivity contribution in [3.63, 3.8) is 0 Å². The summed E-state index contributed by atoms with van der Waals surface area (Å²) in [7, 11) is 0. The van der Waals surface area contributed by atoms with Gasteiger partial charge in [0.1, 0.15) is 0 Å². The molecule has 0 fully saturated rings. The van der Waals surface area contributed by atoms with Crippen molar-refractivity contribution in [1.29, 1.82) is 0 Å². The Labute approximate surface area is 71.6 Å². The van der Waals surface area contributed by atoms with Crippen molar-refractivity contribution in [2.45, 2.75) is 26.7 Å². The van der Waals surface area contributed by atoms with Gasteiger partial charge in [-0.1, -0.05) is 25.4 Å². The minimum Gasteiger partial charge on any atom is -0.253 e. The Morgan fingerprint density at radius 3 is 2.55 bits per heavy atom. The fourth-order valence-electron chi connectivity index (χ4n) is 0.849. The van der Waals surface area contributed by atoms with Crippen molar-refractivity contribution >= 4 is 11.6 Å². The lowest BCUT2D eigenvalue weighted by atomic mass is 10.1. The van der Waals surface area contributed by atoms with Gasteiger partial charge in [0, 0.05) is 6.20 Å². The first kappa shape index (κ1) is 8.47. The van der Waals surface area contributed by atoms with Gasteiger partial charge in [-0.3, -0.25) is 4.98 Å². The molecule has 2 nitrogen and oxygen atoms in total. The lowest BCUT2D eigenvalue weighted by molar-refractivity contribution is 0.803. The number of aromatic nitrogens is 2. The van der Waals surface area contributed by atoms with Gasteiger partial charge >= 0.3 is 0 Å². The molecule has 0 radical (unpaired) electrons. The Bertz CT molecular complexity index is 258. The molecule has 60 valence electrons. The fraction of sp³-hybridized carbons (Fsp3) is 0.500. The molecule has 0 amide bonds. The van der Waals surface area contributed by atoms with Crippen LogP contribution in [0.4, 0.5) is 0 Å². The Balaban J connectivity index is 3.13. The second-order valence-electron chi connectivity index (χ2n) is 2.84. The summed E-state index contributed by atoms with van der Waals surface area (Å²) in [6.45, 7) is 6.01. The summed E-state index contributed by atoms with van der Waals surface area (Å²) in [5.74, 6) is 0.342. The summed E-state index contributed by atoms with van der Waals surface area (Å²) >= 11 is 5.82. The zero-order valence-corrected chi connectivity index (χ0v) is 7.68. The maximum absolute atomic E-state index is 5.82. The van der Waals surface area contributed by atoms with E-state index in [0.29, 0.717) is 11.1 Å². The number of rotatable bonds is 1. The summed E-state index contributed by atoms with van der Waals surface area (Å²) in [6, 6.07) is 0. The van der Waals surface area contributed by atoms with Gasteiger partial charge < -0.3 is 0 Å². The van der Waals surface area contributed by atoms with E-state index in [2.05, 4.69) is 23.8 Å². The minimum atomic E-state index is 0.342. The maximum Gasteiger partial charge on any atom is 0.150 e. The predicted octanol–water partition coefficient (Wildman–Crippen LogP) is 2.56. The molecule has 1 heterocycles. The molecule has 0 N–H and O–H groups in total. The highest BCUT2D eigenvalue weighted by Gasteiger charge is 2.06. The molecule has 1 aromatic rings. The highest BCUT2D eigenvalue weighted by atomic mass is 35.5. The molecule has 0 aromatic carbocycles. The SMILES string of the molecule is Cc1cnc(Cl)c(C(C)C)n1. The topological polar surface area (TPSA) is 25.8 Å². The summed E-state index contributed by atoms with van der Waals surface area (Å²) in [5.41, 5.74) is 1.80. The number of hydrogen-bond donors (Lipinski definition) is 0. The van der Waals surface area contributed by atoms with E-state index in [4.69, 9.17) is 11.6 Å². The highest BCUT2D eigenvalue weighted by Crippen LogP contribution is 2.19. The molecule has 0 aliphatic carbocycles. The quantitative estimate of drug-likeness (QED) is 0.648. The molecule has 0 aliphatic rings. The van der Waals surface area contributed by atoms with Crippen LogP contribution < -0.4 is 0 Å². The van der Waals surface area contributed by atoms with E-state index >= 15 is 0 Å². The van der Waals surface area contributed by atoms with Gasteiger partial charge in [-0.25, -0.2) is 4.98 Å². The standard InChI is InChI=1S/C8H11ClN2/c1-5(2)7-8(9)10-4-6(3)11-7/h4-5H,1-3H3. The normalized spacial score (nSPS) is 10.6. The smallest absolute Gasteiger partial charge is 0.150 e. The van der Waals surface area contributed by atoms with Crippen molar-refractivity contribution in [3.8, 4) is 0 Å². The van der Waals surface area contributed by atoms with Gasteiger partial charge in [0.05, 0.1) is 11.4 Å². The second-order valence-corrected chi connectivity index (χ2v) is 3.20. The van der Waals surface area contributed by atoms with E-state index in [-0.39, 0.29) is 0 Å². The summed E-state index contributed by atoms with van der Waals surface area (Å²) < 4.78 is 0. The predicted molar refractivity (Wildman–Crippen MR) is 45.9 cm³/mol. The molecule has 0 aliphatic heterocycles. The first-order valence-electron chi connectivity index (χ1n) is 3.60. The van der Waals surface area contributed by atoms with Crippen molar-refractivity contribution in [2.75, 3.05) is 0 Å². The van der Waals surface area contributed by atoms with Crippen molar-refractivity contribution in [3.05, 3.63) is 22.7 Å². The zero-order chi connectivity index (χ0) is 8.43. The maximum atomic E-state index is 5.82. The van der Waals surface area contributed by atoms with E-state index in [1.54, 1.807) is 6.20 Å². The Morgan fingerprint density at radius 1 is 1.45 bits per heavy atom. The molecule has 3 heteroatoms. The first-order chi connectivity index (χ1) is 5.11. The summed E-state index contributed by atoms with van der Waals surface area (Å²) in [5, 5.41) is 0.519. The van der Waals surface area contributed by atoms with Crippen LogP contribution >= 0.6 is 11.6 Å². The van der Waals surface area contributed by atoms with Crippen LogP contribution in [0.5, 0.6) is 0 Å². The molecule has 1 rings (SSSR count). The van der Waals surface area contributed by atoms with E-state index in [9.17, 15) is 0 Å². The minimum absolute atomic E-state index is 0.342. The molecule has 0 saturated heterocycles. The van der Waals surface area contributed by atoms with Crippen LogP contribution in [0.15, 0.2) is 6.20 Å². The van der Waals surface area contributed by atoms with Gasteiger partial charge in [0.15, 0.2) is 5.15 Å². The van der Waals surface area contributed by atoms with Crippen molar-refractivity contribution in [1.82, 2.24) is 9.97 Å². The van der Waals surface area contributed by atoms with Gasteiger partial charge in [0.2, 0.25) is 0 Å². The Morgan fingerprint density at radius 2 is 2.09 bits per heavy atom. The van der Waals surface area contributed by atoms with Crippen LogP contribution in [-0.2, 0) is 0 Å². The third kappa shape index (κ3) is 1.90. The Kier molecular flexibility index (Phi) is 2.45. The summed E-state index contributed by atoms with van der Waals surface area (Å²) in [4.78, 5) is 8.28. The molecule has 11 heavy (non-hydrogen) atoms. The van der Waals surface area contributed by atoms with Gasteiger partial charge in [0.25, 0.3) is 0 Å². The number of hydrogen-bond acceptors (Lipinski definition) is 2. The number of aryl methyl sites for hydroxylation is 1. The molecule has 0 bridgehead atoms. The third-order valence-corrected chi connectivity index (χ3v) is 1.71. The van der Waals surface area contributed by atoms with Crippen molar-refractivity contribution < 1.29 is 0 Å². The molecule has 0 atom stereocenters. The van der Waals surface area contributed by atoms with Crippen LogP contribution in [-0.4, -0.2) is 9.97 Å². The summed E-state index contributed by atoms with van der Waals surface area (Å²) in [6.07, 6.45) is 1.67. The highest BCUT2D eigenvalue weighted by molar-refractivity contribution is 6.30. The van der Waals surface area contributed by atoms with E-state index < -0.39 is 0 Å². The van der Waals surface area contributed by atoms with Gasteiger partial charge in [-0.05, 0) is 12.8 Å². The van der Waals surface area contributed by atoms with Gasteiger partial charge in [-0.2, -0.15) is 0 Å². The first-order valence-corrected chi connectivity index (χ1v) is 3.98. The molecule has 0 unspecified atom stereocenters. The van der Waals surface area contributed by atoms with Crippen LogP contribution in [0.2, 0.25) is 5.15 Å². The molecular weight excluding hydrogens is 160 g/mol. The lowest BCUT2D eigenvalue weighted by Crippen LogP contribution is -1.97. The van der Waals surface area contributed by atoms with E-state index in [1.165, 1.54) is 0 Å². The van der Waals surface area contributed by atoms with Crippen LogP contribution in [0.1, 0.15) is 31.2 Å². The second kappa shape index (κ2) is 3.18. The Hall–Kier alpha value is -0.630. The largest absolute Gasteiger partial charge is 0.253 e.